The summed E-state index contributed by atoms with van der Waals surface area (Å²) in [6.45, 7) is 0. The van der Waals surface area contributed by atoms with Crippen molar-refractivity contribution < 1.29 is 23.1 Å². The number of nitrogens with two attached hydrogens (primary N) is 2. The van der Waals surface area contributed by atoms with E-state index in [4.69, 9.17) is 21.4 Å². The molecule has 0 aliphatic rings. The third kappa shape index (κ3) is 7.14. The van der Waals surface area contributed by atoms with Crippen LogP contribution in [0.25, 0.3) is 11.1 Å². The van der Waals surface area contributed by atoms with Crippen LogP contribution in [-0.4, -0.2) is 37.3 Å². The van der Waals surface area contributed by atoms with Crippen LogP contribution in [0.1, 0.15) is 24.8 Å². The second-order valence-electron chi connectivity index (χ2n) is 8.09. The summed E-state index contributed by atoms with van der Waals surface area (Å²) in [5, 5.41) is 27.8. The van der Waals surface area contributed by atoms with E-state index >= 15 is 0 Å². The number of benzene rings is 3. The molecule has 0 saturated carbocycles. The second kappa shape index (κ2) is 11.5. The molecule has 10 nitrogen and oxygen atoms in total. The van der Waals surface area contributed by atoms with Crippen molar-refractivity contribution in [2.24, 2.45) is 10.9 Å². The minimum absolute atomic E-state index is 0.00253. The lowest BCUT2D eigenvalue weighted by molar-refractivity contribution is -0.137. The number of aliphatic carboxylic acids is 1. The fraction of sp³-hybridized carbons (Fsp3) is 0.160. The molecule has 0 saturated heterocycles. The molecule has 36 heavy (non-hydrogen) atoms. The van der Waals surface area contributed by atoms with Crippen molar-refractivity contribution in [1.29, 1.82) is 5.41 Å². The molecule has 0 spiro atoms. The van der Waals surface area contributed by atoms with E-state index in [1.165, 1.54) is 6.07 Å². The summed E-state index contributed by atoms with van der Waals surface area (Å²) < 4.78 is 23.8. The third-order valence-electron chi connectivity index (χ3n) is 5.37. The first-order valence-corrected chi connectivity index (χ1v) is 12.5. The Bertz CT molecular complexity index is 1370. The molecule has 11 heteroatoms. The van der Waals surface area contributed by atoms with Crippen molar-refractivity contribution in [2.75, 3.05) is 10.6 Å². The minimum Gasteiger partial charge on any atom is -0.481 e. The van der Waals surface area contributed by atoms with Gasteiger partial charge in [-0.2, -0.15) is 0 Å². The molecule has 1 amide bonds. The Morgan fingerprint density at radius 2 is 1.67 bits per heavy atom. The summed E-state index contributed by atoms with van der Waals surface area (Å²) in [6.07, 6.45) is 0.440. The van der Waals surface area contributed by atoms with Crippen LogP contribution in [-0.2, 0) is 19.6 Å². The van der Waals surface area contributed by atoms with Crippen LogP contribution in [0.3, 0.4) is 0 Å². The highest BCUT2D eigenvalue weighted by atomic mass is 32.2. The van der Waals surface area contributed by atoms with Gasteiger partial charge in [-0.1, -0.05) is 42.5 Å². The Labute approximate surface area is 208 Å². The zero-order chi connectivity index (χ0) is 26.3. The van der Waals surface area contributed by atoms with Gasteiger partial charge in [-0.05, 0) is 48.7 Å². The van der Waals surface area contributed by atoms with E-state index in [9.17, 15) is 18.0 Å². The number of rotatable bonds is 11. The lowest BCUT2D eigenvalue weighted by Gasteiger charge is -2.20. The quantitative estimate of drug-likeness (QED) is 0.169. The zero-order valence-corrected chi connectivity index (χ0v) is 20.1. The van der Waals surface area contributed by atoms with Crippen molar-refractivity contribution in [3.05, 3.63) is 78.4 Å². The predicted molar refractivity (Wildman–Crippen MR) is 138 cm³/mol. The molecule has 0 heterocycles. The first-order chi connectivity index (χ1) is 17.0. The minimum atomic E-state index is -3.92. The summed E-state index contributed by atoms with van der Waals surface area (Å²) in [5.41, 5.74) is 8.12. The maximum absolute atomic E-state index is 13.1. The van der Waals surface area contributed by atoms with Gasteiger partial charge in [0.05, 0.1) is 4.90 Å². The first kappa shape index (κ1) is 26.4. The van der Waals surface area contributed by atoms with Crippen molar-refractivity contribution in [3.8, 4) is 11.1 Å². The van der Waals surface area contributed by atoms with Crippen LogP contribution < -0.4 is 21.5 Å². The van der Waals surface area contributed by atoms with E-state index in [0.717, 1.165) is 0 Å². The van der Waals surface area contributed by atoms with Gasteiger partial charge in [-0.25, -0.2) is 13.6 Å². The SMILES string of the molecule is N=C(N)c1cccc(N[C@@H](CCCC(=O)O)C(=O)Nc2ccc(-c3ccccc3S(N)(=O)=O)cc2)c1. The predicted octanol–water partition coefficient (Wildman–Crippen LogP) is 2.96. The van der Waals surface area contributed by atoms with Crippen molar-refractivity contribution in [3.63, 3.8) is 0 Å². The maximum atomic E-state index is 13.1. The molecule has 1 atom stereocenters. The molecule has 3 aromatic rings. The lowest BCUT2D eigenvalue weighted by atomic mass is 10.0. The van der Waals surface area contributed by atoms with Gasteiger partial charge >= 0.3 is 5.97 Å². The number of carboxylic acids is 1. The van der Waals surface area contributed by atoms with E-state index in [1.807, 2.05) is 0 Å². The molecular formula is C25H27N5O5S. The normalized spacial score (nSPS) is 11.9. The largest absolute Gasteiger partial charge is 0.481 e. The van der Waals surface area contributed by atoms with Crippen LogP contribution >= 0.6 is 0 Å². The number of carbonyl (C=O) groups excluding carboxylic acids is 1. The Hall–Kier alpha value is -4.22. The number of sulfonamides is 1. The molecule has 0 aliphatic heterocycles. The van der Waals surface area contributed by atoms with Gasteiger partial charge in [0.15, 0.2) is 0 Å². The fourth-order valence-electron chi connectivity index (χ4n) is 3.62. The summed E-state index contributed by atoms with van der Waals surface area (Å²) >= 11 is 0. The molecule has 0 aromatic heterocycles. The monoisotopic (exact) mass is 509 g/mol. The van der Waals surface area contributed by atoms with Crippen LogP contribution in [0.15, 0.2) is 77.7 Å². The Balaban J connectivity index is 1.78. The van der Waals surface area contributed by atoms with E-state index in [0.29, 0.717) is 28.1 Å². The van der Waals surface area contributed by atoms with Gasteiger partial charge in [-0.15, -0.1) is 0 Å². The Morgan fingerprint density at radius 1 is 0.972 bits per heavy atom. The summed E-state index contributed by atoms with van der Waals surface area (Å²) in [4.78, 5) is 24.0. The number of amidine groups is 1. The van der Waals surface area contributed by atoms with E-state index in [-0.39, 0.29) is 35.9 Å². The van der Waals surface area contributed by atoms with Gasteiger partial charge in [0, 0.05) is 28.9 Å². The van der Waals surface area contributed by atoms with Gasteiger partial charge in [0.1, 0.15) is 11.9 Å². The van der Waals surface area contributed by atoms with E-state index in [2.05, 4.69) is 10.6 Å². The molecule has 0 fully saturated rings. The van der Waals surface area contributed by atoms with Crippen LogP contribution in [0.2, 0.25) is 0 Å². The highest BCUT2D eigenvalue weighted by Crippen LogP contribution is 2.27. The maximum Gasteiger partial charge on any atom is 0.303 e. The molecule has 3 rings (SSSR count). The molecule has 3 aromatic carbocycles. The van der Waals surface area contributed by atoms with Gasteiger partial charge < -0.3 is 21.5 Å². The number of amides is 1. The van der Waals surface area contributed by atoms with E-state index < -0.39 is 22.0 Å². The Morgan fingerprint density at radius 3 is 2.31 bits per heavy atom. The van der Waals surface area contributed by atoms with Crippen LogP contribution in [0, 0.1) is 5.41 Å². The first-order valence-electron chi connectivity index (χ1n) is 11.0. The number of nitrogen functional groups attached to an aromatic ring is 1. The molecular weight excluding hydrogens is 482 g/mol. The van der Waals surface area contributed by atoms with Crippen LogP contribution in [0.5, 0.6) is 0 Å². The summed E-state index contributed by atoms with van der Waals surface area (Å²) in [6, 6.07) is 18.9. The standard InChI is InChI=1S/C25H27N5O5S/c26-24(27)17-5-3-6-19(15-17)29-21(8-4-10-23(31)32)25(33)30-18-13-11-16(12-14-18)20-7-1-2-9-22(20)36(28,34)35/h1-3,5-7,9,11-15,21,29H,4,8,10H2,(H3,26,27)(H,30,33)(H,31,32)(H2,28,34,35)/t21-/m0/s1. The Kier molecular flexibility index (Phi) is 8.41. The highest BCUT2D eigenvalue weighted by molar-refractivity contribution is 7.89. The average molecular weight is 510 g/mol. The van der Waals surface area contributed by atoms with Crippen LogP contribution in [0.4, 0.5) is 11.4 Å². The summed E-state index contributed by atoms with van der Waals surface area (Å²) in [5.74, 6) is -1.45. The fourth-order valence-corrected chi connectivity index (χ4v) is 4.38. The van der Waals surface area contributed by atoms with Crippen molar-refractivity contribution in [1.82, 2.24) is 0 Å². The van der Waals surface area contributed by atoms with Gasteiger partial charge in [-0.3, -0.25) is 15.0 Å². The number of carboxylic acid groups (broad SMARTS) is 1. The topological polar surface area (TPSA) is 188 Å². The van der Waals surface area contributed by atoms with Crippen molar-refractivity contribution >= 4 is 39.1 Å². The number of primary sulfonamides is 1. The number of anilines is 2. The molecule has 0 radical (unpaired) electrons. The number of carbonyl (C=O) groups is 2. The highest BCUT2D eigenvalue weighted by Gasteiger charge is 2.20. The second-order valence-corrected chi connectivity index (χ2v) is 9.61. The number of hydrogen-bond donors (Lipinski definition) is 6. The third-order valence-corrected chi connectivity index (χ3v) is 6.34. The zero-order valence-electron chi connectivity index (χ0n) is 19.3. The van der Waals surface area contributed by atoms with Gasteiger partial charge in [0.2, 0.25) is 15.9 Å². The smallest absolute Gasteiger partial charge is 0.303 e. The molecule has 0 unspecified atom stereocenters. The van der Waals surface area contributed by atoms with Crippen molar-refractivity contribution in [2.45, 2.75) is 30.2 Å². The number of hydrogen-bond acceptors (Lipinski definition) is 6. The average Bonchev–Trinajstić information content (AvgIpc) is 2.83. The molecule has 188 valence electrons. The number of nitrogens with one attached hydrogen (secondary N) is 3. The molecule has 0 bridgehead atoms. The molecule has 8 N–H and O–H groups in total. The molecule has 0 aliphatic carbocycles. The lowest BCUT2D eigenvalue weighted by Crippen LogP contribution is -2.35. The van der Waals surface area contributed by atoms with E-state index in [1.54, 1.807) is 66.7 Å². The van der Waals surface area contributed by atoms with Gasteiger partial charge in [0.25, 0.3) is 0 Å². The summed E-state index contributed by atoms with van der Waals surface area (Å²) in [7, 11) is -3.92.